The Balaban J connectivity index is 1.64. The summed E-state index contributed by atoms with van der Waals surface area (Å²) >= 11 is 1.22. The van der Waals surface area contributed by atoms with E-state index in [1.807, 2.05) is 25.1 Å². The molecule has 41 heavy (non-hydrogen) atoms. The van der Waals surface area contributed by atoms with E-state index in [9.17, 15) is 9.59 Å². The summed E-state index contributed by atoms with van der Waals surface area (Å²) in [6.45, 7) is 2.82. The van der Waals surface area contributed by atoms with Gasteiger partial charge in [0.25, 0.3) is 0 Å². The predicted octanol–water partition coefficient (Wildman–Crippen LogP) is 4.84. The van der Waals surface area contributed by atoms with Gasteiger partial charge in [0.2, 0.25) is 22.7 Å². The third-order valence-electron chi connectivity index (χ3n) is 6.41. The SMILES string of the molecule is CCCCC(=O)N(CCC(=O)Nc1nnc(-c2cc(OC)c(OC)c(OC)c2)s1)CCc1ccc(OC)c(OC)c1. The minimum Gasteiger partial charge on any atom is -0.493 e. The zero-order valence-corrected chi connectivity index (χ0v) is 25.3. The highest BCUT2D eigenvalue weighted by molar-refractivity contribution is 7.18. The lowest BCUT2D eigenvalue weighted by Gasteiger charge is -2.23. The monoisotopic (exact) mass is 586 g/mol. The number of hydrogen-bond acceptors (Lipinski definition) is 10. The molecule has 11 nitrogen and oxygen atoms in total. The Hall–Kier alpha value is -4.06. The van der Waals surface area contributed by atoms with E-state index < -0.39 is 0 Å². The van der Waals surface area contributed by atoms with Crippen LogP contribution in [0.15, 0.2) is 30.3 Å². The molecule has 222 valence electrons. The van der Waals surface area contributed by atoms with Crippen LogP contribution in [-0.2, 0) is 16.0 Å². The maximum Gasteiger partial charge on any atom is 0.227 e. The van der Waals surface area contributed by atoms with Crippen molar-refractivity contribution in [2.24, 2.45) is 0 Å². The van der Waals surface area contributed by atoms with E-state index in [1.54, 1.807) is 31.3 Å². The third-order valence-corrected chi connectivity index (χ3v) is 7.29. The summed E-state index contributed by atoms with van der Waals surface area (Å²) in [6, 6.07) is 9.24. The van der Waals surface area contributed by atoms with Crippen molar-refractivity contribution in [2.75, 3.05) is 54.0 Å². The number of amides is 2. The van der Waals surface area contributed by atoms with E-state index in [2.05, 4.69) is 15.5 Å². The Kier molecular flexibility index (Phi) is 12.0. The van der Waals surface area contributed by atoms with Gasteiger partial charge in [-0.2, -0.15) is 0 Å². The lowest BCUT2D eigenvalue weighted by molar-refractivity contribution is -0.131. The number of unbranched alkanes of at least 4 members (excludes halogenated alkanes) is 1. The fourth-order valence-corrected chi connectivity index (χ4v) is 4.91. The molecule has 0 aliphatic rings. The zero-order chi connectivity index (χ0) is 29.8. The first-order chi connectivity index (χ1) is 19.9. The maximum absolute atomic E-state index is 12.9. The Labute approximate surface area is 244 Å². The summed E-state index contributed by atoms with van der Waals surface area (Å²) in [4.78, 5) is 27.5. The minimum absolute atomic E-state index is 0.0285. The number of nitrogens with zero attached hydrogens (tertiary/aromatic N) is 3. The first kappa shape index (κ1) is 31.5. The van der Waals surface area contributed by atoms with Crippen molar-refractivity contribution in [1.82, 2.24) is 15.1 Å². The molecule has 0 aliphatic carbocycles. The van der Waals surface area contributed by atoms with Gasteiger partial charge < -0.3 is 33.9 Å². The predicted molar refractivity (Wildman–Crippen MR) is 158 cm³/mol. The van der Waals surface area contributed by atoms with E-state index in [1.165, 1.54) is 32.7 Å². The van der Waals surface area contributed by atoms with Crippen LogP contribution in [0, 0.1) is 0 Å². The molecule has 1 heterocycles. The summed E-state index contributed by atoms with van der Waals surface area (Å²) in [7, 11) is 7.79. The molecule has 3 aromatic rings. The van der Waals surface area contributed by atoms with Crippen molar-refractivity contribution in [3.8, 4) is 39.3 Å². The highest BCUT2D eigenvalue weighted by Gasteiger charge is 2.19. The van der Waals surface area contributed by atoms with Crippen LogP contribution in [-0.4, -0.2) is 75.6 Å². The standard InChI is InChI=1S/C29H38N4O7S/c1-7-8-9-26(35)33(14-12-19-10-11-21(36-2)22(16-19)37-3)15-13-25(34)30-29-32-31-28(41-29)20-17-23(38-4)27(40-6)24(18-20)39-5/h10-11,16-18H,7-9,12-15H2,1-6H3,(H,30,32,34). The topological polar surface area (TPSA) is 121 Å². The van der Waals surface area contributed by atoms with E-state index >= 15 is 0 Å². The Morgan fingerprint density at radius 1 is 0.829 bits per heavy atom. The number of aromatic nitrogens is 2. The minimum atomic E-state index is -0.253. The number of hydrogen-bond donors (Lipinski definition) is 1. The van der Waals surface area contributed by atoms with Gasteiger partial charge in [0.15, 0.2) is 23.0 Å². The summed E-state index contributed by atoms with van der Waals surface area (Å²) in [5, 5.41) is 12.1. The molecule has 0 atom stereocenters. The molecular weight excluding hydrogens is 548 g/mol. The molecule has 3 rings (SSSR count). The Bertz CT molecular complexity index is 1290. The van der Waals surface area contributed by atoms with Crippen LogP contribution in [0.4, 0.5) is 5.13 Å². The molecule has 0 aliphatic heterocycles. The lowest BCUT2D eigenvalue weighted by Crippen LogP contribution is -2.35. The van der Waals surface area contributed by atoms with Gasteiger partial charge in [-0.1, -0.05) is 30.7 Å². The molecule has 2 amide bonds. The van der Waals surface area contributed by atoms with Gasteiger partial charge in [0.1, 0.15) is 5.01 Å². The highest BCUT2D eigenvalue weighted by atomic mass is 32.1. The molecule has 1 N–H and O–H groups in total. The van der Waals surface area contributed by atoms with Crippen molar-refractivity contribution in [1.29, 1.82) is 0 Å². The molecule has 0 spiro atoms. The molecule has 0 bridgehead atoms. The van der Waals surface area contributed by atoms with Gasteiger partial charge in [-0.05, 0) is 42.7 Å². The van der Waals surface area contributed by atoms with Crippen LogP contribution >= 0.6 is 11.3 Å². The number of nitrogens with one attached hydrogen (secondary N) is 1. The van der Waals surface area contributed by atoms with Crippen molar-refractivity contribution in [2.45, 2.75) is 39.0 Å². The molecule has 2 aromatic carbocycles. The van der Waals surface area contributed by atoms with Crippen molar-refractivity contribution in [3.63, 3.8) is 0 Å². The normalized spacial score (nSPS) is 10.6. The molecule has 0 fully saturated rings. The van der Waals surface area contributed by atoms with Crippen molar-refractivity contribution >= 4 is 28.3 Å². The number of ether oxygens (including phenoxy) is 5. The summed E-state index contributed by atoms with van der Waals surface area (Å²) < 4.78 is 26.9. The van der Waals surface area contributed by atoms with E-state index in [-0.39, 0.29) is 18.2 Å². The zero-order valence-electron chi connectivity index (χ0n) is 24.4. The summed E-state index contributed by atoms with van der Waals surface area (Å²) in [6.07, 6.45) is 2.91. The van der Waals surface area contributed by atoms with Gasteiger partial charge in [0, 0.05) is 31.5 Å². The van der Waals surface area contributed by atoms with E-state index in [4.69, 9.17) is 23.7 Å². The van der Waals surface area contributed by atoms with Crippen LogP contribution in [0.25, 0.3) is 10.6 Å². The third kappa shape index (κ3) is 8.46. The molecule has 0 saturated carbocycles. The Morgan fingerprint density at radius 2 is 1.51 bits per heavy atom. The van der Waals surface area contributed by atoms with Crippen molar-refractivity contribution in [3.05, 3.63) is 35.9 Å². The number of anilines is 1. The maximum atomic E-state index is 12.9. The smallest absolute Gasteiger partial charge is 0.227 e. The first-order valence-electron chi connectivity index (χ1n) is 13.3. The average molecular weight is 587 g/mol. The van der Waals surface area contributed by atoms with Gasteiger partial charge in [0.05, 0.1) is 35.5 Å². The van der Waals surface area contributed by atoms with E-state index in [0.29, 0.717) is 70.4 Å². The largest absolute Gasteiger partial charge is 0.493 e. The van der Waals surface area contributed by atoms with Crippen LogP contribution in [0.2, 0.25) is 0 Å². The van der Waals surface area contributed by atoms with Gasteiger partial charge in [-0.15, -0.1) is 10.2 Å². The van der Waals surface area contributed by atoms with Gasteiger partial charge in [-0.25, -0.2) is 0 Å². The van der Waals surface area contributed by atoms with Crippen molar-refractivity contribution < 1.29 is 33.3 Å². The van der Waals surface area contributed by atoms with Crippen LogP contribution < -0.4 is 29.0 Å². The number of methoxy groups -OCH3 is 5. The number of carbonyl (C=O) groups excluding carboxylic acids is 2. The second-order valence-corrected chi connectivity index (χ2v) is 10.0. The molecule has 12 heteroatoms. The summed E-state index contributed by atoms with van der Waals surface area (Å²) in [5.41, 5.74) is 1.72. The molecule has 0 saturated heterocycles. The molecular formula is C29H38N4O7S. The number of benzene rings is 2. The second-order valence-electron chi connectivity index (χ2n) is 9.05. The number of carbonyl (C=O) groups is 2. The Morgan fingerprint density at radius 3 is 2.12 bits per heavy atom. The lowest BCUT2D eigenvalue weighted by atomic mass is 10.1. The van der Waals surface area contributed by atoms with Gasteiger partial charge >= 0.3 is 0 Å². The molecule has 1 aromatic heterocycles. The summed E-state index contributed by atoms with van der Waals surface area (Å²) in [5.74, 6) is 2.51. The molecule has 0 radical (unpaired) electrons. The van der Waals surface area contributed by atoms with Crippen LogP contribution in [0.3, 0.4) is 0 Å². The molecule has 0 unspecified atom stereocenters. The fraction of sp³-hybridized carbons (Fsp3) is 0.448. The highest BCUT2D eigenvalue weighted by Crippen LogP contribution is 2.42. The fourth-order valence-electron chi connectivity index (χ4n) is 4.16. The average Bonchev–Trinajstić information content (AvgIpc) is 3.47. The second kappa shape index (κ2) is 15.7. The first-order valence-corrected chi connectivity index (χ1v) is 14.1. The van der Waals surface area contributed by atoms with Crippen LogP contribution in [0.5, 0.6) is 28.7 Å². The van der Waals surface area contributed by atoms with E-state index in [0.717, 1.165) is 18.4 Å². The number of rotatable bonds is 16. The quantitative estimate of drug-likeness (QED) is 0.251. The van der Waals surface area contributed by atoms with Gasteiger partial charge in [-0.3, -0.25) is 9.59 Å². The van der Waals surface area contributed by atoms with Crippen LogP contribution in [0.1, 0.15) is 38.2 Å².